The van der Waals surface area contributed by atoms with Crippen molar-refractivity contribution in [3.8, 4) is 0 Å². The molecular weight excluding hydrogens is 272 g/mol. The minimum Gasteiger partial charge on any atom is -0.330 e. The predicted octanol–water partition coefficient (Wildman–Crippen LogP) is 4.04. The van der Waals surface area contributed by atoms with Crippen LogP contribution in [0.5, 0.6) is 0 Å². The molecule has 0 saturated carbocycles. The number of aryl methyl sites for hydroxylation is 2. The molecule has 0 saturated heterocycles. The Labute approximate surface area is 130 Å². The maximum absolute atomic E-state index is 12.7. The first-order valence-electron chi connectivity index (χ1n) is 7.77. The second-order valence-electron chi connectivity index (χ2n) is 5.47. The number of aromatic nitrogens is 2. The highest BCUT2D eigenvalue weighted by Crippen LogP contribution is 2.28. The molecule has 0 unspecified atom stereocenters. The smallest absolute Gasteiger partial charge is 0.183 e. The second-order valence-corrected chi connectivity index (χ2v) is 5.47. The Morgan fingerprint density at radius 3 is 2.55 bits per heavy atom. The highest BCUT2D eigenvalue weighted by atomic mass is 16.1. The lowest BCUT2D eigenvalue weighted by molar-refractivity contribution is 0.0973. The Morgan fingerprint density at radius 1 is 1.14 bits per heavy atom. The maximum Gasteiger partial charge on any atom is 0.183 e. The van der Waals surface area contributed by atoms with E-state index in [0.29, 0.717) is 6.54 Å². The molecule has 3 aromatic rings. The summed E-state index contributed by atoms with van der Waals surface area (Å²) in [7, 11) is 0. The van der Waals surface area contributed by atoms with E-state index in [-0.39, 0.29) is 5.78 Å². The molecule has 2 aromatic carbocycles. The zero-order valence-electron chi connectivity index (χ0n) is 13.0. The van der Waals surface area contributed by atoms with E-state index in [2.05, 4.69) is 37.0 Å². The number of benzene rings is 2. The number of imidazole rings is 1. The van der Waals surface area contributed by atoms with E-state index in [1.54, 1.807) is 12.5 Å². The molecule has 112 valence electrons. The van der Waals surface area contributed by atoms with E-state index in [1.807, 2.05) is 22.9 Å². The van der Waals surface area contributed by atoms with Crippen LogP contribution in [-0.4, -0.2) is 15.3 Å². The Bertz CT molecular complexity index is 804. The number of fused-ring (bicyclic) bond motifs is 1. The average Bonchev–Trinajstić information content (AvgIpc) is 3.06. The molecule has 3 heteroatoms. The molecule has 0 aliphatic rings. The largest absolute Gasteiger partial charge is 0.330 e. The molecule has 0 spiro atoms. The zero-order chi connectivity index (χ0) is 15.5. The summed E-state index contributed by atoms with van der Waals surface area (Å²) < 4.78 is 1.82. The van der Waals surface area contributed by atoms with E-state index in [4.69, 9.17) is 0 Å². The lowest BCUT2D eigenvalue weighted by Gasteiger charge is -2.14. The lowest BCUT2D eigenvalue weighted by Crippen LogP contribution is -2.11. The third-order valence-electron chi connectivity index (χ3n) is 4.17. The van der Waals surface area contributed by atoms with Gasteiger partial charge in [0, 0.05) is 18.0 Å². The number of rotatable bonds is 5. The zero-order valence-corrected chi connectivity index (χ0v) is 13.0. The third kappa shape index (κ3) is 2.54. The summed E-state index contributed by atoms with van der Waals surface area (Å²) in [5.41, 5.74) is 3.45. The Balaban J connectivity index is 2.14. The summed E-state index contributed by atoms with van der Waals surface area (Å²) in [6.45, 7) is 4.65. The summed E-state index contributed by atoms with van der Waals surface area (Å²) in [4.78, 5) is 16.7. The third-order valence-corrected chi connectivity index (χ3v) is 4.17. The van der Waals surface area contributed by atoms with Gasteiger partial charge in [-0.25, -0.2) is 4.98 Å². The number of carbonyl (C=O) groups excluding carboxylic acids is 1. The SMILES string of the molecule is CCc1cc(C(=O)Cn2ccnc2)c2ccccc2c1CC. The van der Waals surface area contributed by atoms with Gasteiger partial charge in [0.15, 0.2) is 5.78 Å². The minimum atomic E-state index is 0.131. The number of ketones is 1. The summed E-state index contributed by atoms with van der Waals surface area (Å²) >= 11 is 0. The molecule has 0 aliphatic carbocycles. The topological polar surface area (TPSA) is 34.9 Å². The van der Waals surface area contributed by atoms with Gasteiger partial charge in [-0.1, -0.05) is 38.1 Å². The van der Waals surface area contributed by atoms with Gasteiger partial charge in [0.05, 0.1) is 12.9 Å². The van der Waals surface area contributed by atoms with E-state index in [9.17, 15) is 4.79 Å². The van der Waals surface area contributed by atoms with Crippen LogP contribution in [0.3, 0.4) is 0 Å². The van der Waals surface area contributed by atoms with Gasteiger partial charge in [0.2, 0.25) is 0 Å². The standard InChI is InChI=1S/C19H20N2O/c1-3-14-11-18(19(22)12-21-10-9-20-13-21)17-8-6-5-7-16(17)15(14)4-2/h5-11,13H,3-4,12H2,1-2H3. The van der Waals surface area contributed by atoms with Crippen molar-refractivity contribution in [2.45, 2.75) is 33.2 Å². The van der Waals surface area contributed by atoms with Crippen LogP contribution in [-0.2, 0) is 19.4 Å². The molecule has 0 radical (unpaired) electrons. The fourth-order valence-electron chi connectivity index (χ4n) is 3.09. The van der Waals surface area contributed by atoms with Crippen LogP contribution in [0.25, 0.3) is 10.8 Å². The Kier molecular flexibility index (Phi) is 4.05. The van der Waals surface area contributed by atoms with Gasteiger partial charge in [-0.15, -0.1) is 0 Å². The van der Waals surface area contributed by atoms with Gasteiger partial charge in [-0.05, 0) is 40.8 Å². The van der Waals surface area contributed by atoms with Crippen molar-refractivity contribution >= 4 is 16.6 Å². The van der Waals surface area contributed by atoms with Gasteiger partial charge >= 0.3 is 0 Å². The van der Waals surface area contributed by atoms with Crippen molar-refractivity contribution in [3.05, 3.63) is 65.7 Å². The minimum absolute atomic E-state index is 0.131. The number of hydrogen-bond donors (Lipinski definition) is 0. The Hall–Kier alpha value is -2.42. The van der Waals surface area contributed by atoms with Crippen LogP contribution in [0.15, 0.2) is 49.1 Å². The molecule has 0 N–H and O–H groups in total. The summed E-state index contributed by atoms with van der Waals surface area (Å²) in [6.07, 6.45) is 7.13. The van der Waals surface area contributed by atoms with E-state index < -0.39 is 0 Å². The van der Waals surface area contributed by atoms with Crippen LogP contribution < -0.4 is 0 Å². The number of nitrogens with zero attached hydrogens (tertiary/aromatic N) is 2. The molecule has 0 bridgehead atoms. The highest BCUT2D eigenvalue weighted by molar-refractivity contribution is 6.09. The van der Waals surface area contributed by atoms with E-state index in [1.165, 1.54) is 16.5 Å². The van der Waals surface area contributed by atoms with Crippen LogP contribution in [0.4, 0.5) is 0 Å². The molecule has 3 rings (SSSR count). The van der Waals surface area contributed by atoms with Crippen LogP contribution in [0.1, 0.15) is 35.3 Å². The summed E-state index contributed by atoms with van der Waals surface area (Å²) in [6, 6.07) is 10.3. The lowest BCUT2D eigenvalue weighted by atomic mass is 9.90. The molecule has 0 amide bonds. The number of hydrogen-bond acceptors (Lipinski definition) is 2. The van der Waals surface area contributed by atoms with Gasteiger partial charge in [0.1, 0.15) is 0 Å². The van der Waals surface area contributed by atoms with Crippen LogP contribution in [0.2, 0.25) is 0 Å². The first kappa shape index (κ1) is 14.5. The van der Waals surface area contributed by atoms with Gasteiger partial charge < -0.3 is 4.57 Å². The van der Waals surface area contributed by atoms with Crippen LogP contribution >= 0.6 is 0 Å². The fraction of sp³-hybridized carbons (Fsp3) is 0.263. The van der Waals surface area contributed by atoms with E-state index >= 15 is 0 Å². The number of carbonyl (C=O) groups is 1. The van der Waals surface area contributed by atoms with Crippen molar-refractivity contribution in [1.29, 1.82) is 0 Å². The van der Waals surface area contributed by atoms with Crippen molar-refractivity contribution in [1.82, 2.24) is 9.55 Å². The quantitative estimate of drug-likeness (QED) is 0.665. The normalized spacial score (nSPS) is 11.0. The first-order valence-corrected chi connectivity index (χ1v) is 7.77. The Morgan fingerprint density at radius 2 is 1.91 bits per heavy atom. The molecule has 0 aliphatic heterocycles. The van der Waals surface area contributed by atoms with Crippen molar-refractivity contribution in [2.24, 2.45) is 0 Å². The van der Waals surface area contributed by atoms with E-state index in [0.717, 1.165) is 23.8 Å². The van der Waals surface area contributed by atoms with Gasteiger partial charge in [-0.3, -0.25) is 4.79 Å². The average molecular weight is 292 g/mol. The van der Waals surface area contributed by atoms with Gasteiger partial charge in [0.25, 0.3) is 0 Å². The summed E-state index contributed by atoms with van der Waals surface area (Å²) in [5, 5.41) is 2.26. The molecule has 3 nitrogen and oxygen atoms in total. The highest BCUT2D eigenvalue weighted by Gasteiger charge is 2.15. The maximum atomic E-state index is 12.7. The number of Topliss-reactive ketones (excluding diaryl/α,β-unsaturated/α-hetero) is 1. The van der Waals surface area contributed by atoms with Crippen molar-refractivity contribution in [3.63, 3.8) is 0 Å². The molecule has 1 heterocycles. The summed E-state index contributed by atoms with van der Waals surface area (Å²) in [5.74, 6) is 0.131. The monoisotopic (exact) mass is 292 g/mol. The molecule has 1 aromatic heterocycles. The molecule has 22 heavy (non-hydrogen) atoms. The molecule has 0 atom stereocenters. The van der Waals surface area contributed by atoms with Crippen molar-refractivity contribution in [2.75, 3.05) is 0 Å². The molecule has 0 fully saturated rings. The van der Waals surface area contributed by atoms with Gasteiger partial charge in [-0.2, -0.15) is 0 Å². The first-order chi connectivity index (χ1) is 10.7. The fourth-order valence-corrected chi connectivity index (χ4v) is 3.09. The van der Waals surface area contributed by atoms with Crippen LogP contribution in [0, 0.1) is 0 Å². The predicted molar refractivity (Wildman–Crippen MR) is 89.3 cm³/mol. The second kappa shape index (κ2) is 6.14. The van der Waals surface area contributed by atoms with Crippen molar-refractivity contribution < 1.29 is 4.79 Å². The molecular formula is C19H20N2O.